The highest BCUT2D eigenvalue weighted by atomic mass is 16.5. The number of nitrogens with one attached hydrogen (secondary N) is 1. The number of hydrogen-bond acceptors (Lipinski definition) is 7. The van der Waals surface area contributed by atoms with Crippen molar-refractivity contribution in [3.63, 3.8) is 0 Å². The molecule has 0 radical (unpaired) electrons. The highest BCUT2D eigenvalue weighted by Crippen LogP contribution is 2.20. The number of nitrogen functional groups attached to an aromatic ring is 1. The third-order valence-corrected chi connectivity index (χ3v) is 3.15. The summed E-state index contributed by atoms with van der Waals surface area (Å²) < 4.78 is 12.2. The summed E-state index contributed by atoms with van der Waals surface area (Å²) >= 11 is 0. The molecule has 8 heteroatoms. The van der Waals surface area contributed by atoms with E-state index < -0.39 is 0 Å². The van der Waals surface area contributed by atoms with Crippen molar-refractivity contribution in [1.82, 2.24) is 14.4 Å². The van der Waals surface area contributed by atoms with Crippen LogP contribution in [0.2, 0.25) is 0 Å². The van der Waals surface area contributed by atoms with E-state index in [9.17, 15) is 0 Å². The third-order valence-electron chi connectivity index (χ3n) is 3.15. The molecule has 0 saturated carbocycles. The highest BCUT2D eigenvalue weighted by molar-refractivity contribution is 5.66. The number of imidazole rings is 1. The first-order valence-electron chi connectivity index (χ1n) is 6.83. The molecule has 0 aliphatic rings. The van der Waals surface area contributed by atoms with Crippen LogP contribution in [0.15, 0.2) is 18.6 Å². The van der Waals surface area contributed by atoms with Crippen LogP contribution in [-0.4, -0.2) is 54.9 Å². The normalized spacial score (nSPS) is 11.0. The summed E-state index contributed by atoms with van der Waals surface area (Å²) in [6.45, 7) is 2.84. The van der Waals surface area contributed by atoms with Gasteiger partial charge in [-0.3, -0.25) is 0 Å². The van der Waals surface area contributed by atoms with E-state index in [0.29, 0.717) is 19.0 Å². The number of rotatable bonds is 9. The van der Waals surface area contributed by atoms with Crippen LogP contribution in [0.4, 0.5) is 11.6 Å². The number of fused-ring (bicyclic) bond motifs is 1. The predicted octanol–water partition coefficient (Wildman–Crippen LogP) is 0.504. The lowest BCUT2D eigenvalue weighted by Crippen LogP contribution is -2.30. The van der Waals surface area contributed by atoms with Crippen LogP contribution in [-0.2, 0) is 9.47 Å². The second kappa shape index (κ2) is 7.77. The van der Waals surface area contributed by atoms with E-state index in [1.54, 1.807) is 26.6 Å². The van der Waals surface area contributed by atoms with E-state index in [-0.39, 0.29) is 0 Å². The van der Waals surface area contributed by atoms with Crippen molar-refractivity contribution in [2.75, 3.05) is 50.8 Å². The van der Waals surface area contributed by atoms with Gasteiger partial charge in [0.1, 0.15) is 0 Å². The molecule has 116 valence electrons. The van der Waals surface area contributed by atoms with E-state index in [0.717, 1.165) is 31.0 Å². The zero-order chi connectivity index (χ0) is 15.1. The van der Waals surface area contributed by atoms with Crippen molar-refractivity contribution < 1.29 is 9.47 Å². The van der Waals surface area contributed by atoms with Gasteiger partial charge in [0.25, 0.3) is 0 Å². The van der Waals surface area contributed by atoms with Crippen LogP contribution in [0.1, 0.15) is 6.42 Å². The molecular formula is C13H22N6O2. The maximum absolute atomic E-state index is 5.49. The van der Waals surface area contributed by atoms with Gasteiger partial charge in [0, 0.05) is 46.3 Å². The molecule has 21 heavy (non-hydrogen) atoms. The number of hydrogen-bond donors (Lipinski definition) is 2. The van der Waals surface area contributed by atoms with Crippen LogP contribution in [0.3, 0.4) is 0 Å². The highest BCUT2D eigenvalue weighted by Gasteiger charge is 2.14. The molecule has 0 unspecified atom stereocenters. The van der Waals surface area contributed by atoms with Crippen molar-refractivity contribution in [3.8, 4) is 0 Å². The van der Waals surface area contributed by atoms with E-state index >= 15 is 0 Å². The van der Waals surface area contributed by atoms with E-state index in [1.165, 1.54) is 0 Å². The first kappa shape index (κ1) is 15.5. The maximum Gasteiger partial charge on any atom is 0.180 e. The lowest BCUT2D eigenvalue weighted by atomic mass is 10.3. The summed E-state index contributed by atoms with van der Waals surface area (Å²) in [6, 6.07) is 0. The zero-order valence-electron chi connectivity index (χ0n) is 12.5. The molecule has 3 N–H and O–H groups in total. The molecule has 0 saturated heterocycles. The van der Waals surface area contributed by atoms with Gasteiger partial charge < -0.3 is 24.2 Å². The molecule has 0 aliphatic heterocycles. The number of nitrogens with zero attached hydrogens (tertiary/aromatic N) is 4. The van der Waals surface area contributed by atoms with Crippen molar-refractivity contribution in [1.29, 1.82) is 0 Å². The van der Waals surface area contributed by atoms with Crippen molar-refractivity contribution >= 4 is 17.3 Å². The van der Waals surface area contributed by atoms with Crippen molar-refractivity contribution in [3.05, 3.63) is 18.6 Å². The van der Waals surface area contributed by atoms with Gasteiger partial charge in [-0.1, -0.05) is 0 Å². The van der Waals surface area contributed by atoms with Gasteiger partial charge in [0.2, 0.25) is 0 Å². The van der Waals surface area contributed by atoms with Gasteiger partial charge >= 0.3 is 0 Å². The second-order valence-electron chi connectivity index (χ2n) is 4.58. The van der Waals surface area contributed by atoms with Crippen molar-refractivity contribution in [2.24, 2.45) is 5.84 Å². The molecule has 0 amide bonds. The standard InChI is InChI=1S/C13H22N6O2/c1-20-8-3-5-18(7-9-21-2)13-12-15-4-6-19(12)10-11(16-13)17-14/h4,6,10,17H,3,5,7-9,14H2,1-2H3. The summed E-state index contributed by atoms with van der Waals surface area (Å²) in [5.74, 6) is 6.86. The predicted molar refractivity (Wildman–Crippen MR) is 81.4 cm³/mol. The fourth-order valence-corrected chi connectivity index (χ4v) is 2.12. The Morgan fingerprint density at radius 3 is 2.81 bits per heavy atom. The summed E-state index contributed by atoms with van der Waals surface area (Å²) in [7, 11) is 3.38. The Balaban J connectivity index is 2.29. The smallest absolute Gasteiger partial charge is 0.180 e. The molecule has 2 aromatic rings. The monoisotopic (exact) mass is 294 g/mol. The molecule has 0 spiro atoms. The lowest BCUT2D eigenvalue weighted by molar-refractivity contribution is 0.191. The van der Waals surface area contributed by atoms with Gasteiger partial charge in [-0.05, 0) is 6.42 Å². The Kier molecular flexibility index (Phi) is 5.73. The number of nitrogens with two attached hydrogens (primary N) is 1. The number of ether oxygens (including phenoxy) is 2. The summed E-state index contributed by atoms with van der Waals surface area (Å²) in [5, 5.41) is 0. The third kappa shape index (κ3) is 3.81. The quantitative estimate of drug-likeness (QED) is 0.395. The van der Waals surface area contributed by atoms with Gasteiger partial charge in [-0.2, -0.15) is 0 Å². The van der Waals surface area contributed by atoms with Crippen LogP contribution in [0, 0.1) is 0 Å². The minimum Gasteiger partial charge on any atom is -0.385 e. The number of anilines is 2. The molecule has 2 heterocycles. The average molecular weight is 294 g/mol. The SMILES string of the molecule is COCCCN(CCOC)c1nc(NN)cn2ccnc12. The minimum absolute atomic E-state index is 0.588. The van der Waals surface area contributed by atoms with E-state index in [4.69, 9.17) is 15.3 Å². The molecule has 2 aromatic heterocycles. The Morgan fingerprint density at radius 1 is 1.29 bits per heavy atom. The van der Waals surface area contributed by atoms with Crippen molar-refractivity contribution in [2.45, 2.75) is 6.42 Å². The van der Waals surface area contributed by atoms with E-state index in [1.807, 2.05) is 10.6 Å². The Labute approximate surface area is 123 Å². The molecular weight excluding hydrogens is 272 g/mol. The molecule has 0 aromatic carbocycles. The number of aromatic nitrogens is 3. The molecule has 0 aliphatic carbocycles. The van der Waals surface area contributed by atoms with Gasteiger partial charge in [0.05, 0.1) is 12.8 Å². The molecule has 0 bridgehead atoms. The first-order valence-corrected chi connectivity index (χ1v) is 6.83. The van der Waals surface area contributed by atoms with Crippen LogP contribution in [0.5, 0.6) is 0 Å². The molecule has 0 fully saturated rings. The molecule has 8 nitrogen and oxygen atoms in total. The summed E-state index contributed by atoms with van der Waals surface area (Å²) in [5.41, 5.74) is 3.38. The molecule has 0 atom stereocenters. The minimum atomic E-state index is 0.588. The van der Waals surface area contributed by atoms with E-state index in [2.05, 4.69) is 20.3 Å². The molecule has 2 rings (SSSR count). The largest absolute Gasteiger partial charge is 0.385 e. The maximum atomic E-state index is 5.49. The first-order chi connectivity index (χ1) is 10.3. The second-order valence-corrected chi connectivity index (χ2v) is 4.58. The zero-order valence-corrected chi connectivity index (χ0v) is 12.5. The van der Waals surface area contributed by atoms with Crippen LogP contribution < -0.4 is 16.2 Å². The average Bonchev–Trinajstić information content (AvgIpc) is 2.98. The topological polar surface area (TPSA) is 89.9 Å². The summed E-state index contributed by atoms with van der Waals surface area (Å²) in [6.07, 6.45) is 6.31. The number of hydrazine groups is 1. The Morgan fingerprint density at radius 2 is 2.10 bits per heavy atom. The Bertz CT molecular complexity index is 559. The summed E-state index contributed by atoms with van der Waals surface area (Å²) in [4.78, 5) is 11.0. The lowest BCUT2D eigenvalue weighted by Gasteiger charge is -2.24. The van der Waals surface area contributed by atoms with Crippen LogP contribution in [0.25, 0.3) is 5.65 Å². The number of methoxy groups -OCH3 is 2. The Hall–Kier alpha value is -1.90. The fourth-order valence-electron chi connectivity index (χ4n) is 2.12. The van der Waals surface area contributed by atoms with Gasteiger partial charge in [-0.15, -0.1) is 0 Å². The van der Waals surface area contributed by atoms with Gasteiger partial charge in [-0.25, -0.2) is 15.8 Å². The van der Waals surface area contributed by atoms with Crippen LogP contribution >= 0.6 is 0 Å². The van der Waals surface area contributed by atoms with Gasteiger partial charge in [0.15, 0.2) is 17.3 Å². The fraction of sp³-hybridized carbons (Fsp3) is 0.538.